The fraction of sp³-hybridized carbons (Fsp3) is 0.120. The third-order valence-electron chi connectivity index (χ3n) is 5.50. The number of hydrogen-bond acceptors (Lipinski definition) is 11. The summed E-state index contributed by atoms with van der Waals surface area (Å²) in [6, 6.07) is 14.7. The molecule has 4 aromatic heterocycles. The number of benzene rings is 2. The highest BCUT2D eigenvalue weighted by atomic mass is 32.1. The lowest BCUT2D eigenvalue weighted by molar-refractivity contribution is 0.459. The molecule has 0 aliphatic carbocycles. The van der Waals surface area contributed by atoms with Crippen molar-refractivity contribution in [2.45, 2.75) is 13.8 Å². The first-order chi connectivity index (χ1) is 17.9. The standard InChI is InChI=1S/C25H19N7O2S3/c1-13-10-15-19(33)6-4-17(24(15)35-13)27-29-21-12-22(31-32(21)3)34-20-7-5-18(25-16(20)11-14(2)36-25)28-30-23-8-9-26-37-23/h4-12,33H,1-3H3. The Morgan fingerprint density at radius 2 is 1.54 bits per heavy atom. The van der Waals surface area contributed by atoms with Crippen molar-refractivity contribution < 1.29 is 9.84 Å². The molecule has 0 radical (unpaired) electrons. The van der Waals surface area contributed by atoms with Gasteiger partial charge in [0.15, 0.2) is 10.8 Å². The van der Waals surface area contributed by atoms with Crippen molar-refractivity contribution in [2.75, 3.05) is 0 Å². The van der Waals surface area contributed by atoms with Gasteiger partial charge in [-0.2, -0.15) is 4.37 Å². The Hall–Kier alpha value is -4.00. The number of nitrogens with zero attached hydrogens (tertiary/aromatic N) is 7. The molecule has 1 N–H and O–H groups in total. The molecule has 0 spiro atoms. The van der Waals surface area contributed by atoms with Crippen molar-refractivity contribution in [1.82, 2.24) is 14.2 Å². The highest BCUT2D eigenvalue weighted by Gasteiger charge is 2.14. The molecule has 0 amide bonds. The monoisotopic (exact) mass is 545 g/mol. The van der Waals surface area contributed by atoms with E-state index in [1.54, 1.807) is 58.8 Å². The number of thiophene rings is 2. The summed E-state index contributed by atoms with van der Waals surface area (Å²) in [7, 11) is 1.79. The van der Waals surface area contributed by atoms with Crippen LogP contribution in [0, 0.1) is 13.8 Å². The quantitative estimate of drug-likeness (QED) is 0.210. The molecule has 0 aliphatic heterocycles. The lowest BCUT2D eigenvalue weighted by Gasteiger charge is -2.05. The van der Waals surface area contributed by atoms with Crippen LogP contribution >= 0.6 is 34.2 Å². The van der Waals surface area contributed by atoms with E-state index < -0.39 is 0 Å². The van der Waals surface area contributed by atoms with E-state index in [1.165, 1.54) is 11.5 Å². The summed E-state index contributed by atoms with van der Waals surface area (Å²) in [5.41, 5.74) is 1.46. The minimum absolute atomic E-state index is 0.237. The average Bonchev–Trinajstić information content (AvgIpc) is 3.66. The minimum atomic E-state index is 0.237. The Balaban J connectivity index is 1.28. The van der Waals surface area contributed by atoms with Gasteiger partial charge >= 0.3 is 0 Å². The van der Waals surface area contributed by atoms with Crippen LogP contribution in [0.25, 0.3) is 20.2 Å². The molecule has 0 bridgehead atoms. The van der Waals surface area contributed by atoms with Crippen molar-refractivity contribution in [1.29, 1.82) is 0 Å². The number of aromatic hydroxyl groups is 1. The largest absolute Gasteiger partial charge is 0.507 e. The number of aryl methyl sites for hydroxylation is 3. The number of phenolic OH excluding ortho intramolecular Hbond substituents is 1. The molecule has 12 heteroatoms. The molecule has 2 aromatic carbocycles. The maximum absolute atomic E-state index is 10.1. The van der Waals surface area contributed by atoms with E-state index in [4.69, 9.17) is 4.74 Å². The molecule has 0 fully saturated rings. The van der Waals surface area contributed by atoms with E-state index in [0.717, 1.165) is 40.6 Å². The summed E-state index contributed by atoms with van der Waals surface area (Å²) in [6.07, 6.45) is 1.70. The van der Waals surface area contributed by atoms with Crippen LogP contribution in [0.5, 0.6) is 17.4 Å². The van der Waals surface area contributed by atoms with Crippen molar-refractivity contribution in [2.24, 2.45) is 27.5 Å². The maximum Gasteiger partial charge on any atom is 0.240 e. The molecular formula is C25H19N7O2S3. The lowest BCUT2D eigenvalue weighted by Crippen LogP contribution is -1.90. The second kappa shape index (κ2) is 9.47. The second-order valence-corrected chi connectivity index (χ2v) is 11.5. The van der Waals surface area contributed by atoms with Gasteiger partial charge in [-0.05, 0) is 67.8 Å². The fourth-order valence-electron chi connectivity index (χ4n) is 3.83. The Bertz CT molecular complexity index is 1810. The third kappa shape index (κ3) is 4.61. The highest BCUT2D eigenvalue weighted by Crippen LogP contribution is 2.42. The Kier molecular flexibility index (Phi) is 5.99. The van der Waals surface area contributed by atoms with Gasteiger partial charge in [0, 0.05) is 39.8 Å². The minimum Gasteiger partial charge on any atom is -0.507 e. The smallest absolute Gasteiger partial charge is 0.240 e. The Morgan fingerprint density at radius 1 is 0.838 bits per heavy atom. The number of ether oxygens (including phenoxy) is 1. The predicted octanol–water partition coefficient (Wildman–Crippen LogP) is 9.25. The van der Waals surface area contributed by atoms with E-state index in [2.05, 4.69) is 36.0 Å². The van der Waals surface area contributed by atoms with Crippen LogP contribution in [0.1, 0.15) is 9.75 Å². The Morgan fingerprint density at radius 3 is 2.30 bits per heavy atom. The highest BCUT2D eigenvalue weighted by molar-refractivity contribution is 7.20. The number of azo groups is 2. The van der Waals surface area contributed by atoms with E-state index in [9.17, 15) is 5.11 Å². The third-order valence-corrected chi connectivity index (χ3v) is 8.27. The SMILES string of the molecule is Cc1cc2c(O)ccc(N=Nc3cc(Oc4ccc(N=Nc5ccns5)c5sc(C)cc45)nn3C)c2s1. The molecule has 0 saturated carbocycles. The lowest BCUT2D eigenvalue weighted by atomic mass is 10.2. The van der Waals surface area contributed by atoms with Crippen LogP contribution in [0.2, 0.25) is 0 Å². The average molecular weight is 546 g/mol. The van der Waals surface area contributed by atoms with E-state index in [1.807, 2.05) is 38.1 Å². The molecule has 6 rings (SSSR count). The van der Waals surface area contributed by atoms with Gasteiger partial charge in [-0.15, -0.1) is 48.2 Å². The van der Waals surface area contributed by atoms with Crippen LogP contribution in [-0.4, -0.2) is 19.3 Å². The van der Waals surface area contributed by atoms with Crippen LogP contribution < -0.4 is 4.74 Å². The van der Waals surface area contributed by atoms with Crippen molar-refractivity contribution in [3.8, 4) is 17.4 Å². The summed E-state index contributed by atoms with van der Waals surface area (Å²) in [5.74, 6) is 1.85. The first kappa shape index (κ1) is 23.4. The van der Waals surface area contributed by atoms with Gasteiger partial charge in [-0.25, -0.2) is 4.68 Å². The first-order valence-corrected chi connectivity index (χ1v) is 13.6. The number of aromatic nitrogens is 3. The number of rotatable bonds is 6. The van der Waals surface area contributed by atoms with Crippen molar-refractivity contribution >= 4 is 76.6 Å². The molecule has 6 aromatic rings. The summed E-state index contributed by atoms with van der Waals surface area (Å²) in [5, 5.41) is 34.6. The van der Waals surface area contributed by atoms with Gasteiger partial charge in [-0.3, -0.25) is 0 Å². The normalized spacial score (nSPS) is 12.1. The van der Waals surface area contributed by atoms with E-state index >= 15 is 0 Å². The van der Waals surface area contributed by atoms with Gasteiger partial charge in [0.05, 0.1) is 9.40 Å². The number of fused-ring (bicyclic) bond motifs is 2. The molecule has 0 unspecified atom stereocenters. The molecule has 37 heavy (non-hydrogen) atoms. The van der Waals surface area contributed by atoms with Crippen LogP contribution in [0.4, 0.5) is 22.2 Å². The van der Waals surface area contributed by atoms with Crippen molar-refractivity contribution in [3.05, 3.63) is 64.5 Å². The van der Waals surface area contributed by atoms with Crippen LogP contribution in [-0.2, 0) is 7.05 Å². The van der Waals surface area contributed by atoms with Gasteiger partial charge in [0.2, 0.25) is 5.88 Å². The summed E-state index contributed by atoms with van der Waals surface area (Å²) in [6.45, 7) is 4.05. The zero-order valence-electron chi connectivity index (χ0n) is 19.9. The number of phenols is 1. The molecule has 0 atom stereocenters. The first-order valence-electron chi connectivity index (χ1n) is 11.2. The van der Waals surface area contributed by atoms with E-state index in [-0.39, 0.29) is 5.75 Å². The zero-order chi connectivity index (χ0) is 25.5. The van der Waals surface area contributed by atoms with Crippen LogP contribution in [0.3, 0.4) is 0 Å². The maximum atomic E-state index is 10.1. The molecule has 0 aliphatic rings. The molecule has 9 nitrogen and oxygen atoms in total. The van der Waals surface area contributed by atoms with E-state index in [0.29, 0.717) is 23.1 Å². The molecule has 0 saturated heterocycles. The second-order valence-electron chi connectivity index (χ2n) is 8.20. The predicted molar refractivity (Wildman–Crippen MR) is 149 cm³/mol. The summed E-state index contributed by atoms with van der Waals surface area (Å²) < 4.78 is 13.7. The Labute approximate surface area is 223 Å². The molecule has 184 valence electrons. The molecule has 4 heterocycles. The van der Waals surface area contributed by atoms with Gasteiger partial charge in [-0.1, -0.05) is 0 Å². The topological polar surface area (TPSA) is 110 Å². The van der Waals surface area contributed by atoms with Crippen LogP contribution in [0.15, 0.2) is 75.2 Å². The summed E-state index contributed by atoms with van der Waals surface area (Å²) in [4.78, 5) is 2.23. The molecular weight excluding hydrogens is 527 g/mol. The van der Waals surface area contributed by atoms with Crippen molar-refractivity contribution in [3.63, 3.8) is 0 Å². The fourth-order valence-corrected chi connectivity index (χ4v) is 6.23. The van der Waals surface area contributed by atoms with Gasteiger partial charge in [0.25, 0.3) is 0 Å². The number of hydrogen-bond donors (Lipinski definition) is 1. The van der Waals surface area contributed by atoms with Gasteiger partial charge in [0.1, 0.15) is 22.9 Å². The summed E-state index contributed by atoms with van der Waals surface area (Å²) >= 11 is 4.50. The van der Waals surface area contributed by atoms with Gasteiger partial charge < -0.3 is 9.84 Å². The zero-order valence-corrected chi connectivity index (χ0v) is 22.4.